The molecule has 176 valence electrons. The minimum atomic E-state index is -2.96. The Labute approximate surface area is 202 Å². The highest BCUT2D eigenvalue weighted by Gasteiger charge is 2.33. The lowest BCUT2D eigenvalue weighted by Crippen LogP contribution is -2.30. The van der Waals surface area contributed by atoms with E-state index < -0.39 is 12.5 Å². The van der Waals surface area contributed by atoms with Gasteiger partial charge >= 0.3 is 6.61 Å². The normalized spacial score (nSPS) is 14.8. The molecular weight excluding hydrogens is 476 g/mol. The van der Waals surface area contributed by atoms with Crippen molar-refractivity contribution in [3.8, 4) is 5.75 Å². The summed E-state index contributed by atoms with van der Waals surface area (Å²) < 4.78 is 34.7. The van der Waals surface area contributed by atoms with Gasteiger partial charge in [0.25, 0.3) is 5.91 Å². The molecule has 4 aromatic rings. The molecule has 1 aliphatic rings. The lowest BCUT2D eigenvalue weighted by molar-refractivity contribution is -0.113. The van der Waals surface area contributed by atoms with E-state index in [2.05, 4.69) is 14.7 Å². The summed E-state index contributed by atoms with van der Waals surface area (Å²) in [5.74, 6) is -0.135. The maximum absolute atomic E-state index is 13.2. The van der Waals surface area contributed by atoms with Crippen LogP contribution in [0.2, 0.25) is 0 Å². The summed E-state index contributed by atoms with van der Waals surface area (Å²) in [6.07, 6.45) is 4.64. The molecule has 10 heteroatoms. The number of alkyl halides is 2. The number of fused-ring (bicyclic) bond motifs is 1. The topological polar surface area (TPSA) is 87.9 Å². The van der Waals surface area contributed by atoms with Crippen molar-refractivity contribution >= 4 is 51.3 Å². The highest BCUT2D eigenvalue weighted by atomic mass is 32.2. The van der Waals surface area contributed by atoms with Crippen molar-refractivity contribution in [3.63, 3.8) is 0 Å². The molecule has 0 bridgehead atoms. The van der Waals surface area contributed by atoms with Crippen LogP contribution in [0.1, 0.15) is 16.1 Å². The first-order chi connectivity index (χ1) is 17.0. The maximum atomic E-state index is 13.2. The Balaban J connectivity index is 1.41. The SMILES string of the molecule is O=C(CSC1=N/C(=C\c2ccco2)C(=O)N1c1ccc(OC(F)F)cc1)c1c[nH]c2ccccc12. The standard InChI is InChI=1S/C25H17F2N3O4S/c26-24(27)34-16-9-7-15(8-10-16)30-23(32)21(12-17-4-3-11-33-17)29-25(30)35-14-22(31)19-13-28-20-6-2-1-5-18(19)20/h1-13,24,28H,14H2/b21-12-. The van der Waals surface area contributed by atoms with Gasteiger partial charge in [0.05, 0.1) is 17.7 Å². The van der Waals surface area contributed by atoms with Crippen molar-refractivity contribution in [2.24, 2.45) is 4.99 Å². The summed E-state index contributed by atoms with van der Waals surface area (Å²) in [6, 6.07) is 16.5. The van der Waals surface area contributed by atoms with Crippen LogP contribution in [-0.2, 0) is 4.79 Å². The molecule has 1 N–H and O–H groups in total. The average Bonchev–Trinajstić information content (AvgIpc) is 3.58. The number of thioether (sulfide) groups is 1. The number of amides is 1. The zero-order chi connectivity index (χ0) is 24.4. The highest BCUT2D eigenvalue weighted by Crippen LogP contribution is 2.31. The lowest BCUT2D eigenvalue weighted by atomic mass is 10.1. The third-order valence-corrected chi connectivity index (χ3v) is 6.13. The number of para-hydroxylation sites is 1. The monoisotopic (exact) mass is 493 g/mol. The molecular formula is C25H17F2N3O4S. The van der Waals surface area contributed by atoms with E-state index in [4.69, 9.17) is 4.42 Å². The molecule has 7 nitrogen and oxygen atoms in total. The second-order valence-corrected chi connectivity index (χ2v) is 8.35. The van der Waals surface area contributed by atoms with Gasteiger partial charge in [-0.05, 0) is 42.5 Å². The van der Waals surface area contributed by atoms with E-state index >= 15 is 0 Å². The number of amidine groups is 1. The van der Waals surface area contributed by atoms with Crippen LogP contribution in [0.3, 0.4) is 0 Å². The molecule has 0 radical (unpaired) electrons. The molecule has 0 saturated heterocycles. The Morgan fingerprint density at radius 2 is 1.94 bits per heavy atom. The molecule has 0 aliphatic carbocycles. The summed E-state index contributed by atoms with van der Waals surface area (Å²) in [6.45, 7) is -2.96. The van der Waals surface area contributed by atoms with Gasteiger partial charge in [0.1, 0.15) is 17.2 Å². The molecule has 1 aliphatic heterocycles. The van der Waals surface area contributed by atoms with Gasteiger partial charge in [0.2, 0.25) is 0 Å². The lowest BCUT2D eigenvalue weighted by Gasteiger charge is -2.18. The van der Waals surface area contributed by atoms with Crippen molar-refractivity contribution in [3.05, 3.63) is 90.1 Å². The quantitative estimate of drug-likeness (QED) is 0.263. The Hall–Kier alpha value is -4.18. The number of ether oxygens (including phenoxy) is 1. The van der Waals surface area contributed by atoms with E-state index in [1.54, 1.807) is 18.3 Å². The van der Waals surface area contributed by atoms with Crippen LogP contribution in [0.4, 0.5) is 14.5 Å². The fraction of sp³-hybridized carbons (Fsp3) is 0.0800. The van der Waals surface area contributed by atoms with Crippen molar-refractivity contribution in [2.75, 3.05) is 10.7 Å². The number of nitrogens with one attached hydrogen (secondary N) is 1. The van der Waals surface area contributed by atoms with Crippen LogP contribution < -0.4 is 9.64 Å². The van der Waals surface area contributed by atoms with Crippen LogP contribution in [0.25, 0.3) is 17.0 Å². The molecule has 0 saturated carbocycles. The largest absolute Gasteiger partial charge is 0.465 e. The first kappa shape index (κ1) is 22.6. The number of nitrogens with zero attached hydrogens (tertiary/aromatic N) is 2. The minimum absolute atomic E-state index is 0.0328. The molecule has 0 spiro atoms. The van der Waals surface area contributed by atoms with Gasteiger partial charge in [0.15, 0.2) is 11.0 Å². The number of halogens is 2. The van der Waals surface area contributed by atoms with Crippen LogP contribution in [0.15, 0.2) is 88.2 Å². The Morgan fingerprint density at radius 1 is 1.14 bits per heavy atom. The number of benzene rings is 2. The summed E-state index contributed by atoms with van der Waals surface area (Å²) in [5, 5.41) is 1.09. The Kier molecular flexibility index (Phi) is 6.19. The van der Waals surface area contributed by atoms with Gasteiger partial charge in [-0.25, -0.2) is 4.99 Å². The number of hydrogen-bond acceptors (Lipinski definition) is 6. The number of hydrogen-bond donors (Lipinski definition) is 1. The zero-order valence-electron chi connectivity index (χ0n) is 18.0. The molecule has 0 atom stereocenters. The number of rotatable bonds is 7. The fourth-order valence-corrected chi connectivity index (χ4v) is 4.51. The first-order valence-corrected chi connectivity index (χ1v) is 11.4. The van der Waals surface area contributed by atoms with Gasteiger partial charge in [0, 0.05) is 28.7 Å². The maximum Gasteiger partial charge on any atom is 0.387 e. The van der Waals surface area contributed by atoms with Gasteiger partial charge in [-0.1, -0.05) is 30.0 Å². The minimum Gasteiger partial charge on any atom is -0.465 e. The summed E-state index contributed by atoms with van der Waals surface area (Å²) in [7, 11) is 0. The molecule has 2 aromatic carbocycles. The van der Waals surface area contributed by atoms with Crippen molar-refractivity contribution in [1.82, 2.24) is 4.98 Å². The average molecular weight is 493 g/mol. The molecule has 35 heavy (non-hydrogen) atoms. The van der Waals surface area contributed by atoms with Crippen LogP contribution >= 0.6 is 11.8 Å². The highest BCUT2D eigenvalue weighted by molar-refractivity contribution is 8.14. The van der Waals surface area contributed by atoms with E-state index in [1.807, 2.05) is 24.3 Å². The predicted molar refractivity (Wildman–Crippen MR) is 130 cm³/mol. The van der Waals surface area contributed by atoms with E-state index in [0.717, 1.165) is 22.7 Å². The van der Waals surface area contributed by atoms with Gasteiger partial charge in [-0.3, -0.25) is 14.5 Å². The predicted octanol–water partition coefficient (Wildman–Crippen LogP) is 5.72. The Morgan fingerprint density at radius 3 is 2.69 bits per heavy atom. The van der Waals surface area contributed by atoms with E-state index in [-0.39, 0.29) is 28.2 Å². The first-order valence-electron chi connectivity index (χ1n) is 10.4. The van der Waals surface area contributed by atoms with Gasteiger partial charge in [-0.2, -0.15) is 8.78 Å². The number of anilines is 1. The second-order valence-electron chi connectivity index (χ2n) is 7.41. The summed E-state index contributed by atoms with van der Waals surface area (Å²) in [4.78, 5) is 35.0. The van der Waals surface area contributed by atoms with E-state index in [9.17, 15) is 18.4 Å². The number of aromatic nitrogens is 1. The van der Waals surface area contributed by atoms with Crippen molar-refractivity contribution in [2.45, 2.75) is 6.61 Å². The number of aliphatic imine (C=N–C) groups is 1. The summed E-state index contributed by atoms with van der Waals surface area (Å²) in [5.41, 5.74) is 1.91. The van der Waals surface area contributed by atoms with Gasteiger partial charge < -0.3 is 14.1 Å². The number of aromatic amines is 1. The number of carbonyl (C=O) groups is 2. The molecule has 3 heterocycles. The molecule has 1 amide bonds. The molecule has 0 fully saturated rings. The third kappa shape index (κ3) is 4.73. The second kappa shape index (κ2) is 9.59. The molecule has 2 aromatic heterocycles. The number of H-pyrrole nitrogens is 1. The van der Waals surface area contributed by atoms with Crippen LogP contribution in [-0.4, -0.2) is 34.2 Å². The van der Waals surface area contributed by atoms with Crippen molar-refractivity contribution < 1.29 is 27.5 Å². The Bertz CT molecular complexity index is 1440. The third-order valence-electron chi connectivity index (χ3n) is 5.19. The number of ketones is 1. The van der Waals surface area contributed by atoms with Crippen molar-refractivity contribution in [1.29, 1.82) is 0 Å². The van der Waals surface area contributed by atoms with Crippen LogP contribution in [0.5, 0.6) is 5.75 Å². The smallest absolute Gasteiger partial charge is 0.387 e. The fourth-order valence-electron chi connectivity index (χ4n) is 3.62. The number of carbonyl (C=O) groups excluding carboxylic acids is 2. The summed E-state index contributed by atoms with van der Waals surface area (Å²) >= 11 is 1.11. The van der Waals surface area contributed by atoms with Gasteiger partial charge in [-0.15, -0.1) is 0 Å². The van der Waals surface area contributed by atoms with E-state index in [1.165, 1.54) is 41.5 Å². The molecule has 5 rings (SSSR count). The zero-order valence-corrected chi connectivity index (χ0v) is 18.8. The number of Topliss-reactive ketones (excluding diaryl/α,β-unsaturated/α-hetero) is 1. The molecule has 0 unspecified atom stereocenters. The number of furan rings is 1. The van der Waals surface area contributed by atoms with Crippen LogP contribution in [0, 0.1) is 0 Å². The van der Waals surface area contributed by atoms with E-state index in [0.29, 0.717) is 17.0 Å².